The van der Waals surface area contributed by atoms with Crippen molar-refractivity contribution in [3.63, 3.8) is 0 Å². The van der Waals surface area contributed by atoms with E-state index in [4.69, 9.17) is 9.47 Å². The molecule has 1 aliphatic rings. The van der Waals surface area contributed by atoms with Gasteiger partial charge in [0.1, 0.15) is 17.3 Å². The molecule has 0 spiro atoms. The Labute approximate surface area is 205 Å². The monoisotopic (exact) mass is 471 g/mol. The average Bonchev–Trinajstić information content (AvgIpc) is 3.09. The fraction of sp³-hybridized carbons (Fsp3) is 0.241. The lowest BCUT2D eigenvalue weighted by atomic mass is 9.95. The molecule has 35 heavy (non-hydrogen) atoms. The molecule has 6 nitrogen and oxygen atoms in total. The first kappa shape index (κ1) is 24.1. The number of amides is 1. The summed E-state index contributed by atoms with van der Waals surface area (Å²) in [7, 11) is 0. The summed E-state index contributed by atoms with van der Waals surface area (Å²) in [5.41, 5.74) is 1.67. The van der Waals surface area contributed by atoms with E-state index in [2.05, 4.69) is 0 Å². The van der Waals surface area contributed by atoms with Crippen molar-refractivity contribution in [1.29, 1.82) is 0 Å². The summed E-state index contributed by atoms with van der Waals surface area (Å²) in [6.07, 6.45) is -0.0386. The van der Waals surface area contributed by atoms with Gasteiger partial charge in [0.2, 0.25) is 0 Å². The van der Waals surface area contributed by atoms with Crippen molar-refractivity contribution in [3.8, 4) is 11.5 Å². The van der Waals surface area contributed by atoms with Crippen LogP contribution in [0.2, 0.25) is 0 Å². The minimum absolute atomic E-state index is 0.00554. The number of carbonyl (C=O) groups is 2. The van der Waals surface area contributed by atoms with E-state index in [-0.39, 0.29) is 23.5 Å². The van der Waals surface area contributed by atoms with E-state index in [0.29, 0.717) is 28.3 Å². The van der Waals surface area contributed by atoms with Crippen LogP contribution in [0.3, 0.4) is 0 Å². The number of carbonyl (C=O) groups excluding carboxylic acids is 2. The minimum atomic E-state index is -0.820. The van der Waals surface area contributed by atoms with Crippen molar-refractivity contribution >= 4 is 23.1 Å². The van der Waals surface area contributed by atoms with Gasteiger partial charge in [0.05, 0.1) is 23.8 Å². The topological polar surface area (TPSA) is 76.1 Å². The molecule has 4 rings (SSSR count). The summed E-state index contributed by atoms with van der Waals surface area (Å²) in [6.45, 7) is 7.71. The van der Waals surface area contributed by atoms with E-state index in [1.54, 1.807) is 54.6 Å². The van der Waals surface area contributed by atoms with Crippen LogP contribution in [0.15, 0.2) is 84.4 Å². The van der Waals surface area contributed by atoms with E-state index >= 15 is 0 Å². The molecule has 180 valence electrons. The molecule has 0 aromatic heterocycles. The first-order chi connectivity index (χ1) is 16.8. The molecule has 0 radical (unpaired) electrons. The smallest absolute Gasteiger partial charge is 0.300 e. The minimum Gasteiger partial charge on any atom is -0.507 e. The molecule has 0 aliphatic carbocycles. The molecular weight excluding hydrogens is 442 g/mol. The Hall–Kier alpha value is -4.06. The standard InChI is InChI=1S/C29H29NO5/c1-18(2)34-23-15-13-20(14-16-23)27(31)25-26(21-9-8-12-24(17-21)35-19(3)4)30(29(33)28(25)32)22-10-6-5-7-11-22/h5-19,26,31H,1-4H3/b27-25-. The van der Waals surface area contributed by atoms with Crippen molar-refractivity contribution < 1.29 is 24.2 Å². The Kier molecular flexibility index (Phi) is 6.92. The molecule has 1 aliphatic heterocycles. The second kappa shape index (κ2) is 10.1. The molecule has 1 atom stereocenters. The predicted octanol–water partition coefficient (Wildman–Crippen LogP) is 5.89. The number of para-hydroxylation sites is 1. The lowest BCUT2D eigenvalue weighted by molar-refractivity contribution is -0.132. The highest BCUT2D eigenvalue weighted by molar-refractivity contribution is 6.51. The molecule has 0 bridgehead atoms. The molecule has 1 fully saturated rings. The molecule has 1 saturated heterocycles. The lowest BCUT2D eigenvalue weighted by Gasteiger charge is -2.26. The summed E-state index contributed by atoms with van der Waals surface area (Å²) < 4.78 is 11.5. The van der Waals surface area contributed by atoms with Crippen LogP contribution in [0, 0.1) is 0 Å². The number of aliphatic hydroxyl groups excluding tert-OH is 1. The summed E-state index contributed by atoms with van der Waals surface area (Å²) in [5, 5.41) is 11.3. The van der Waals surface area contributed by atoms with Crippen LogP contribution in [-0.4, -0.2) is 29.0 Å². The fourth-order valence-electron chi connectivity index (χ4n) is 4.15. The van der Waals surface area contributed by atoms with Gasteiger partial charge in [-0.25, -0.2) is 0 Å². The van der Waals surface area contributed by atoms with Crippen LogP contribution in [0.4, 0.5) is 5.69 Å². The van der Waals surface area contributed by atoms with Gasteiger partial charge >= 0.3 is 0 Å². The summed E-state index contributed by atoms with van der Waals surface area (Å²) in [5.74, 6) is -0.410. The zero-order chi connectivity index (χ0) is 25.1. The Balaban J connectivity index is 1.86. The first-order valence-corrected chi connectivity index (χ1v) is 11.7. The Bertz CT molecular complexity index is 1250. The molecular formula is C29H29NO5. The molecule has 1 amide bonds. The van der Waals surface area contributed by atoms with E-state index < -0.39 is 17.7 Å². The fourth-order valence-corrected chi connectivity index (χ4v) is 4.15. The Morgan fingerprint density at radius 2 is 1.43 bits per heavy atom. The van der Waals surface area contributed by atoms with Gasteiger partial charge in [-0.1, -0.05) is 30.3 Å². The molecule has 0 saturated carbocycles. The van der Waals surface area contributed by atoms with Crippen molar-refractivity contribution in [2.45, 2.75) is 45.9 Å². The zero-order valence-electron chi connectivity index (χ0n) is 20.3. The third-order valence-corrected chi connectivity index (χ3v) is 5.52. The average molecular weight is 472 g/mol. The highest BCUT2D eigenvalue weighted by Gasteiger charge is 2.47. The van der Waals surface area contributed by atoms with Gasteiger partial charge in [0, 0.05) is 11.3 Å². The molecule has 3 aromatic carbocycles. The van der Waals surface area contributed by atoms with Crippen molar-refractivity contribution in [2.24, 2.45) is 0 Å². The van der Waals surface area contributed by atoms with Crippen LogP contribution in [0.1, 0.15) is 44.9 Å². The van der Waals surface area contributed by atoms with Crippen molar-refractivity contribution in [1.82, 2.24) is 0 Å². The SMILES string of the molecule is CC(C)Oc1ccc(/C(O)=C2/C(=O)C(=O)N(c3ccccc3)C2c2cccc(OC(C)C)c2)cc1. The summed E-state index contributed by atoms with van der Waals surface area (Å²) in [4.78, 5) is 28.0. The van der Waals surface area contributed by atoms with E-state index in [1.165, 1.54) is 4.90 Å². The second-order valence-corrected chi connectivity index (χ2v) is 8.93. The number of Topliss-reactive ketones (excluding diaryl/α,β-unsaturated/α-hetero) is 1. The van der Waals surface area contributed by atoms with Gasteiger partial charge in [0.25, 0.3) is 11.7 Å². The number of nitrogens with zero attached hydrogens (tertiary/aromatic N) is 1. The first-order valence-electron chi connectivity index (χ1n) is 11.7. The van der Waals surface area contributed by atoms with Gasteiger partial charge in [0.15, 0.2) is 0 Å². The van der Waals surface area contributed by atoms with Crippen molar-refractivity contribution in [2.75, 3.05) is 4.90 Å². The number of rotatable bonds is 7. The normalized spacial score (nSPS) is 17.3. The maximum atomic E-state index is 13.3. The highest BCUT2D eigenvalue weighted by Crippen LogP contribution is 2.42. The molecule has 1 unspecified atom stereocenters. The number of aliphatic hydroxyl groups is 1. The summed E-state index contributed by atoms with van der Waals surface area (Å²) in [6, 6.07) is 22.3. The number of ketones is 1. The number of ether oxygens (including phenoxy) is 2. The molecule has 1 N–H and O–H groups in total. The van der Waals surface area contributed by atoms with Gasteiger partial charge in [-0.05, 0) is 81.8 Å². The number of anilines is 1. The molecule has 1 heterocycles. The lowest BCUT2D eigenvalue weighted by Crippen LogP contribution is -2.29. The van der Waals surface area contributed by atoms with Crippen LogP contribution in [-0.2, 0) is 9.59 Å². The zero-order valence-corrected chi connectivity index (χ0v) is 20.3. The van der Waals surface area contributed by atoms with Crippen molar-refractivity contribution in [3.05, 3.63) is 95.6 Å². The third-order valence-electron chi connectivity index (χ3n) is 5.52. The predicted molar refractivity (Wildman–Crippen MR) is 136 cm³/mol. The second-order valence-electron chi connectivity index (χ2n) is 8.93. The van der Waals surface area contributed by atoms with Gasteiger partial charge < -0.3 is 14.6 Å². The van der Waals surface area contributed by atoms with E-state index in [0.717, 1.165) is 0 Å². The molecule has 6 heteroatoms. The number of hydrogen-bond donors (Lipinski definition) is 1. The van der Waals surface area contributed by atoms with Gasteiger partial charge in [-0.2, -0.15) is 0 Å². The number of hydrogen-bond acceptors (Lipinski definition) is 5. The highest BCUT2D eigenvalue weighted by atomic mass is 16.5. The Morgan fingerprint density at radius 3 is 2.06 bits per heavy atom. The third kappa shape index (κ3) is 5.06. The van der Waals surface area contributed by atoms with E-state index in [9.17, 15) is 14.7 Å². The van der Waals surface area contributed by atoms with Crippen LogP contribution in [0.5, 0.6) is 11.5 Å². The van der Waals surface area contributed by atoms with Crippen LogP contribution in [0.25, 0.3) is 5.76 Å². The van der Waals surface area contributed by atoms with Gasteiger partial charge in [-0.15, -0.1) is 0 Å². The maximum Gasteiger partial charge on any atom is 0.300 e. The van der Waals surface area contributed by atoms with E-state index in [1.807, 2.05) is 52.0 Å². The maximum absolute atomic E-state index is 13.3. The Morgan fingerprint density at radius 1 is 0.800 bits per heavy atom. The quantitative estimate of drug-likeness (QED) is 0.264. The summed E-state index contributed by atoms with van der Waals surface area (Å²) >= 11 is 0. The molecule has 3 aromatic rings. The van der Waals surface area contributed by atoms with Crippen LogP contribution < -0.4 is 14.4 Å². The van der Waals surface area contributed by atoms with Gasteiger partial charge in [-0.3, -0.25) is 14.5 Å². The largest absolute Gasteiger partial charge is 0.507 e. The van der Waals surface area contributed by atoms with Crippen LogP contribution >= 0.6 is 0 Å². The number of benzene rings is 3.